The van der Waals surface area contributed by atoms with Crippen LogP contribution >= 0.6 is 0 Å². The standard InChI is InChI=1S/C22H21N3O2/c26-21-5-3-4-20-18-12-16(14-25(20)21)13-24(15-18)22(27)17-6-8-19(9-7-17)23-10-1-2-11-23/h1-11,16,18H,12-15H2/t16-,18+/m1/s1. The second-order valence-electron chi connectivity index (χ2n) is 7.55. The summed E-state index contributed by atoms with van der Waals surface area (Å²) < 4.78 is 3.92. The van der Waals surface area contributed by atoms with Gasteiger partial charge in [-0.05, 0) is 54.8 Å². The Morgan fingerprint density at radius 3 is 2.44 bits per heavy atom. The predicted octanol–water partition coefficient (Wildman–Crippen LogP) is 2.90. The average molecular weight is 359 g/mol. The smallest absolute Gasteiger partial charge is 0.253 e. The SMILES string of the molecule is O=C(c1ccc(-n2cccc2)cc1)N1C[C@H]2C[C@@H](C1)c1cccc(=O)n1C2. The predicted molar refractivity (Wildman–Crippen MR) is 103 cm³/mol. The van der Waals surface area contributed by atoms with Crippen LogP contribution in [0.2, 0.25) is 0 Å². The van der Waals surface area contributed by atoms with Gasteiger partial charge in [0, 0.05) is 61.0 Å². The van der Waals surface area contributed by atoms with Gasteiger partial charge in [-0.3, -0.25) is 9.59 Å². The molecule has 1 saturated heterocycles. The molecule has 1 amide bonds. The van der Waals surface area contributed by atoms with E-state index in [4.69, 9.17) is 0 Å². The van der Waals surface area contributed by atoms with Crippen molar-refractivity contribution in [3.63, 3.8) is 0 Å². The number of hydrogen-bond acceptors (Lipinski definition) is 2. The van der Waals surface area contributed by atoms with Crippen LogP contribution < -0.4 is 5.56 Å². The van der Waals surface area contributed by atoms with Crippen LogP contribution in [0.25, 0.3) is 5.69 Å². The Kier molecular flexibility index (Phi) is 3.74. The fraction of sp³-hybridized carbons (Fsp3) is 0.273. The van der Waals surface area contributed by atoms with Gasteiger partial charge in [-0.15, -0.1) is 0 Å². The van der Waals surface area contributed by atoms with E-state index in [1.807, 2.05) is 75.0 Å². The quantitative estimate of drug-likeness (QED) is 0.706. The van der Waals surface area contributed by atoms with Crippen LogP contribution in [0.1, 0.15) is 28.4 Å². The monoisotopic (exact) mass is 359 g/mol. The first-order chi connectivity index (χ1) is 13.2. The number of piperidine rings is 1. The Morgan fingerprint density at radius 2 is 1.67 bits per heavy atom. The highest BCUT2D eigenvalue weighted by Gasteiger charge is 2.36. The van der Waals surface area contributed by atoms with Gasteiger partial charge in [0.1, 0.15) is 0 Å². The Hall–Kier alpha value is -3.08. The van der Waals surface area contributed by atoms with Crippen LogP contribution in [0, 0.1) is 5.92 Å². The Balaban J connectivity index is 1.38. The van der Waals surface area contributed by atoms with Crippen molar-refractivity contribution in [3.8, 4) is 5.69 Å². The molecule has 1 fully saturated rings. The normalized spacial score (nSPS) is 21.0. The van der Waals surface area contributed by atoms with Crippen molar-refractivity contribution in [3.05, 3.63) is 88.6 Å². The molecule has 0 unspecified atom stereocenters. The van der Waals surface area contributed by atoms with Gasteiger partial charge in [0.2, 0.25) is 0 Å². The van der Waals surface area contributed by atoms with Gasteiger partial charge in [-0.2, -0.15) is 0 Å². The first kappa shape index (κ1) is 16.1. The highest BCUT2D eigenvalue weighted by atomic mass is 16.2. The summed E-state index contributed by atoms with van der Waals surface area (Å²) in [6, 6.07) is 17.2. The third-order valence-electron chi connectivity index (χ3n) is 5.78. The molecule has 5 heteroatoms. The molecule has 2 bridgehead atoms. The minimum atomic E-state index is 0.0718. The van der Waals surface area contributed by atoms with Gasteiger partial charge in [-0.1, -0.05) is 6.07 Å². The van der Waals surface area contributed by atoms with E-state index in [-0.39, 0.29) is 17.4 Å². The largest absolute Gasteiger partial charge is 0.338 e. The summed E-state index contributed by atoms with van der Waals surface area (Å²) in [5.74, 6) is 0.671. The van der Waals surface area contributed by atoms with Crippen LogP contribution in [0.5, 0.6) is 0 Å². The van der Waals surface area contributed by atoms with E-state index in [1.54, 1.807) is 6.07 Å². The number of nitrogens with zero attached hydrogens (tertiary/aromatic N) is 3. The lowest BCUT2D eigenvalue weighted by atomic mass is 9.83. The molecule has 27 heavy (non-hydrogen) atoms. The van der Waals surface area contributed by atoms with Gasteiger partial charge < -0.3 is 14.0 Å². The molecular weight excluding hydrogens is 338 g/mol. The maximum atomic E-state index is 13.1. The van der Waals surface area contributed by atoms with Crippen LogP contribution in [-0.2, 0) is 6.54 Å². The van der Waals surface area contributed by atoms with Gasteiger partial charge in [0.05, 0.1) is 0 Å². The lowest BCUT2D eigenvalue weighted by Crippen LogP contribution is -2.49. The van der Waals surface area contributed by atoms with Crippen LogP contribution in [0.3, 0.4) is 0 Å². The number of rotatable bonds is 2. The maximum Gasteiger partial charge on any atom is 0.253 e. The third kappa shape index (κ3) is 2.79. The van der Waals surface area contributed by atoms with Crippen molar-refractivity contribution in [2.24, 2.45) is 5.92 Å². The maximum absolute atomic E-state index is 13.1. The van der Waals surface area contributed by atoms with E-state index in [0.717, 1.165) is 29.9 Å². The van der Waals surface area contributed by atoms with Crippen molar-refractivity contribution in [2.45, 2.75) is 18.9 Å². The number of carbonyl (C=O) groups excluding carboxylic acids is 1. The van der Waals surface area contributed by atoms with E-state index in [2.05, 4.69) is 0 Å². The summed E-state index contributed by atoms with van der Waals surface area (Å²) in [4.78, 5) is 27.2. The summed E-state index contributed by atoms with van der Waals surface area (Å²) in [5, 5.41) is 0. The van der Waals surface area contributed by atoms with Gasteiger partial charge in [0.25, 0.3) is 11.5 Å². The number of hydrogen-bond donors (Lipinski definition) is 0. The van der Waals surface area contributed by atoms with Crippen molar-refractivity contribution in [1.82, 2.24) is 14.0 Å². The second kappa shape index (κ2) is 6.27. The second-order valence-corrected chi connectivity index (χ2v) is 7.55. The minimum absolute atomic E-state index is 0.0718. The number of likely N-dealkylation sites (tertiary alicyclic amines) is 1. The van der Waals surface area contributed by atoms with Crippen molar-refractivity contribution in [1.29, 1.82) is 0 Å². The minimum Gasteiger partial charge on any atom is -0.338 e. The number of carbonyl (C=O) groups is 1. The van der Waals surface area contributed by atoms with Crippen molar-refractivity contribution in [2.75, 3.05) is 13.1 Å². The molecule has 0 spiro atoms. The molecule has 1 aromatic carbocycles. The number of aromatic nitrogens is 2. The highest BCUT2D eigenvalue weighted by molar-refractivity contribution is 5.94. The van der Waals surface area contributed by atoms with E-state index in [9.17, 15) is 9.59 Å². The van der Waals surface area contributed by atoms with Crippen LogP contribution in [0.15, 0.2) is 71.8 Å². The van der Waals surface area contributed by atoms with Gasteiger partial charge >= 0.3 is 0 Å². The summed E-state index contributed by atoms with van der Waals surface area (Å²) >= 11 is 0. The van der Waals surface area contributed by atoms with E-state index < -0.39 is 0 Å². The average Bonchev–Trinajstić information content (AvgIpc) is 3.23. The fourth-order valence-electron chi connectivity index (χ4n) is 4.53. The Bertz CT molecular complexity index is 1030. The molecule has 5 nitrogen and oxygen atoms in total. The zero-order valence-electron chi connectivity index (χ0n) is 15.0. The number of amides is 1. The highest BCUT2D eigenvalue weighted by Crippen LogP contribution is 2.35. The Morgan fingerprint density at radius 1 is 0.889 bits per heavy atom. The van der Waals surface area contributed by atoms with Crippen molar-refractivity contribution >= 4 is 5.91 Å². The molecule has 0 N–H and O–H groups in total. The number of fused-ring (bicyclic) bond motifs is 4. The van der Waals surface area contributed by atoms with E-state index >= 15 is 0 Å². The van der Waals surface area contributed by atoms with Crippen LogP contribution in [-0.4, -0.2) is 33.0 Å². The first-order valence-corrected chi connectivity index (χ1v) is 9.41. The third-order valence-corrected chi connectivity index (χ3v) is 5.78. The molecule has 0 aliphatic carbocycles. The number of pyridine rings is 1. The Labute approximate surface area is 157 Å². The molecular formula is C22H21N3O2. The molecule has 3 aromatic rings. The topological polar surface area (TPSA) is 47.2 Å². The molecule has 5 rings (SSSR count). The molecule has 136 valence electrons. The van der Waals surface area contributed by atoms with Crippen LogP contribution in [0.4, 0.5) is 0 Å². The van der Waals surface area contributed by atoms with Crippen molar-refractivity contribution < 1.29 is 4.79 Å². The molecule has 2 aliphatic heterocycles. The molecule has 0 saturated carbocycles. The van der Waals surface area contributed by atoms with E-state index in [0.29, 0.717) is 19.0 Å². The number of benzene rings is 1. The summed E-state index contributed by atoms with van der Waals surface area (Å²) in [6.07, 6.45) is 5.03. The zero-order valence-corrected chi connectivity index (χ0v) is 15.0. The fourth-order valence-corrected chi connectivity index (χ4v) is 4.53. The molecule has 2 aliphatic rings. The first-order valence-electron chi connectivity index (χ1n) is 9.41. The van der Waals surface area contributed by atoms with E-state index in [1.165, 1.54) is 0 Å². The summed E-state index contributed by atoms with van der Waals surface area (Å²) in [7, 11) is 0. The summed E-state index contributed by atoms with van der Waals surface area (Å²) in [5.41, 5.74) is 2.90. The van der Waals surface area contributed by atoms with Gasteiger partial charge in [-0.25, -0.2) is 0 Å². The lowest BCUT2D eigenvalue weighted by molar-refractivity contribution is 0.0594. The summed E-state index contributed by atoms with van der Waals surface area (Å²) in [6.45, 7) is 2.11. The molecule has 4 heterocycles. The van der Waals surface area contributed by atoms with Gasteiger partial charge in [0.15, 0.2) is 0 Å². The lowest BCUT2D eigenvalue weighted by Gasteiger charge is -2.42. The molecule has 2 atom stereocenters. The molecule has 0 radical (unpaired) electrons. The molecule has 2 aromatic heterocycles. The zero-order chi connectivity index (χ0) is 18.4.